The second kappa shape index (κ2) is 6.05. The van der Waals surface area contributed by atoms with Crippen molar-refractivity contribution in [2.75, 3.05) is 13.1 Å². The molecule has 5 heteroatoms. The Morgan fingerprint density at radius 3 is 2.41 bits per heavy atom. The fraction of sp³-hybridized carbons (Fsp3) is 0.636. The molecule has 1 aromatic rings. The molecule has 0 aromatic heterocycles. The van der Waals surface area contributed by atoms with Crippen LogP contribution >= 0.6 is 0 Å². The lowest BCUT2D eigenvalue weighted by Crippen LogP contribution is -2.55. The third kappa shape index (κ3) is 2.46. The first-order chi connectivity index (χ1) is 12.7. The Kier molecular flexibility index (Phi) is 4.13. The zero-order valence-corrected chi connectivity index (χ0v) is 16.4. The zero-order chi connectivity index (χ0) is 19.4. The van der Waals surface area contributed by atoms with Crippen molar-refractivity contribution >= 4 is 11.9 Å². The van der Waals surface area contributed by atoms with E-state index in [1.165, 1.54) is 12.1 Å². The maximum absolute atomic E-state index is 13.5. The van der Waals surface area contributed by atoms with Crippen LogP contribution in [0, 0.1) is 16.6 Å². The van der Waals surface area contributed by atoms with Gasteiger partial charge in [0.15, 0.2) is 5.60 Å². The first-order valence-corrected chi connectivity index (χ1v) is 10.00. The van der Waals surface area contributed by atoms with Gasteiger partial charge in [-0.05, 0) is 62.6 Å². The predicted octanol–water partition coefficient (Wildman–Crippen LogP) is 4.04. The van der Waals surface area contributed by atoms with Gasteiger partial charge >= 0.3 is 5.97 Å². The van der Waals surface area contributed by atoms with Gasteiger partial charge in [-0.25, -0.2) is 4.39 Å². The number of fused-ring (bicyclic) bond motifs is 2. The van der Waals surface area contributed by atoms with Crippen molar-refractivity contribution in [1.82, 2.24) is 4.90 Å². The molecule has 0 radical (unpaired) electrons. The van der Waals surface area contributed by atoms with Gasteiger partial charge in [0.2, 0.25) is 0 Å². The molecule has 4 nitrogen and oxygen atoms in total. The van der Waals surface area contributed by atoms with Crippen molar-refractivity contribution in [1.29, 1.82) is 0 Å². The van der Waals surface area contributed by atoms with Gasteiger partial charge in [0.1, 0.15) is 5.82 Å². The summed E-state index contributed by atoms with van der Waals surface area (Å²) in [6.45, 7) is 7.27. The molecule has 1 amide bonds. The molecular weight excluding hydrogens is 345 g/mol. The van der Waals surface area contributed by atoms with Crippen molar-refractivity contribution in [2.45, 2.75) is 64.4 Å². The molecular formula is C22H28FNO3. The highest BCUT2D eigenvalue weighted by Gasteiger charge is 2.76. The number of carbonyl (C=O) groups excluding carboxylic acids is 2. The number of hydrogen-bond donors (Lipinski definition) is 0. The van der Waals surface area contributed by atoms with E-state index in [1.54, 1.807) is 0 Å². The normalized spacial score (nSPS) is 35.0. The molecule has 3 atom stereocenters. The number of carbonyl (C=O) groups is 2. The van der Waals surface area contributed by atoms with E-state index in [4.69, 9.17) is 4.74 Å². The molecule has 2 heterocycles. The molecule has 2 saturated heterocycles. The lowest BCUT2D eigenvalue weighted by atomic mass is 9.66. The minimum absolute atomic E-state index is 0.0261. The molecule has 0 spiro atoms. The summed E-state index contributed by atoms with van der Waals surface area (Å²) in [4.78, 5) is 27.9. The fourth-order valence-corrected chi connectivity index (χ4v) is 5.34. The number of nitrogens with zero attached hydrogens (tertiary/aromatic N) is 1. The van der Waals surface area contributed by atoms with E-state index in [0.29, 0.717) is 31.8 Å². The summed E-state index contributed by atoms with van der Waals surface area (Å²) < 4.78 is 19.0. The Labute approximate surface area is 160 Å². The maximum atomic E-state index is 13.5. The average Bonchev–Trinajstić information content (AvgIpc) is 2.85. The van der Waals surface area contributed by atoms with E-state index in [9.17, 15) is 14.0 Å². The van der Waals surface area contributed by atoms with Crippen LogP contribution in [0.3, 0.4) is 0 Å². The molecule has 3 fully saturated rings. The summed E-state index contributed by atoms with van der Waals surface area (Å²) in [5.74, 6) is -0.153. The topological polar surface area (TPSA) is 46.6 Å². The summed E-state index contributed by atoms with van der Waals surface area (Å²) in [6, 6.07) is 6.70. The fourth-order valence-electron chi connectivity index (χ4n) is 5.34. The van der Waals surface area contributed by atoms with Crippen molar-refractivity contribution in [3.63, 3.8) is 0 Å². The minimum atomic E-state index is -1.02. The number of rotatable bonds is 2. The van der Waals surface area contributed by atoms with Gasteiger partial charge in [-0.15, -0.1) is 0 Å². The molecule has 1 saturated carbocycles. The van der Waals surface area contributed by atoms with Gasteiger partial charge in [0.25, 0.3) is 5.91 Å². The summed E-state index contributed by atoms with van der Waals surface area (Å²) in [7, 11) is 0. The van der Waals surface area contributed by atoms with Gasteiger partial charge in [-0.1, -0.05) is 26.0 Å². The van der Waals surface area contributed by atoms with Crippen molar-refractivity contribution in [2.24, 2.45) is 10.8 Å². The number of hydrogen-bond acceptors (Lipinski definition) is 3. The van der Waals surface area contributed by atoms with E-state index in [1.807, 2.05) is 37.8 Å². The lowest BCUT2D eigenvalue weighted by molar-refractivity contribution is -0.174. The number of halogens is 1. The molecule has 2 aliphatic heterocycles. The molecule has 3 aliphatic rings. The Balaban J connectivity index is 1.52. The van der Waals surface area contributed by atoms with Gasteiger partial charge < -0.3 is 9.64 Å². The number of esters is 1. The van der Waals surface area contributed by atoms with Crippen molar-refractivity contribution in [3.05, 3.63) is 35.6 Å². The van der Waals surface area contributed by atoms with E-state index < -0.39 is 16.4 Å². The largest absolute Gasteiger partial charge is 0.448 e. The van der Waals surface area contributed by atoms with Crippen LogP contribution in [0.25, 0.3) is 0 Å². The number of benzene rings is 1. The highest BCUT2D eigenvalue weighted by atomic mass is 19.1. The predicted molar refractivity (Wildman–Crippen MR) is 99.5 cm³/mol. The second-order valence-electron chi connectivity index (χ2n) is 9.15. The van der Waals surface area contributed by atoms with E-state index in [2.05, 4.69) is 0 Å². The van der Waals surface area contributed by atoms with Gasteiger partial charge in [-0.3, -0.25) is 9.59 Å². The minimum Gasteiger partial charge on any atom is -0.448 e. The molecule has 4 rings (SSSR count). The van der Waals surface area contributed by atoms with E-state index in [-0.39, 0.29) is 17.7 Å². The SMILES string of the molecule is CC1(C)[C@@]2(C)CC[C@]1(C(=O)N1CCCC(c3ccc(F)cc3)CC1)OC2=O. The Morgan fingerprint density at radius 2 is 1.81 bits per heavy atom. The van der Waals surface area contributed by atoms with E-state index >= 15 is 0 Å². The summed E-state index contributed by atoms with van der Waals surface area (Å²) in [5.41, 5.74) is -0.971. The van der Waals surface area contributed by atoms with Crippen LogP contribution in [0.1, 0.15) is 64.4 Å². The number of ether oxygens (including phenoxy) is 1. The Morgan fingerprint density at radius 1 is 1.11 bits per heavy atom. The molecule has 1 aliphatic carbocycles. The van der Waals surface area contributed by atoms with E-state index in [0.717, 1.165) is 24.8 Å². The number of likely N-dealkylation sites (tertiary alicyclic amines) is 1. The van der Waals surface area contributed by atoms with Gasteiger partial charge in [-0.2, -0.15) is 0 Å². The van der Waals surface area contributed by atoms with Crippen LogP contribution in [0.4, 0.5) is 4.39 Å². The first-order valence-electron chi connectivity index (χ1n) is 10.00. The van der Waals surface area contributed by atoms with Gasteiger partial charge in [0.05, 0.1) is 5.41 Å². The standard InChI is InChI=1S/C22H28FNO3/c1-20(2)21(3)11-12-22(20,27-19(21)26)18(25)24-13-4-5-15(10-14-24)16-6-8-17(23)9-7-16/h6-9,15H,4-5,10-14H2,1-3H3/t15?,21-,22+/m0/s1. The molecule has 0 N–H and O–H groups in total. The lowest BCUT2D eigenvalue weighted by Gasteiger charge is -2.38. The molecule has 2 bridgehead atoms. The van der Waals surface area contributed by atoms with Crippen LogP contribution in [0.5, 0.6) is 0 Å². The van der Waals surface area contributed by atoms with Gasteiger partial charge in [0, 0.05) is 18.5 Å². The molecule has 1 unspecified atom stereocenters. The molecule has 27 heavy (non-hydrogen) atoms. The number of amides is 1. The smallest absolute Gasteiger partial charge is 0.313 e. The van der Waals surface area contributed by atoms with Crippen LogP contribution in [0.15, 0.2) is 24.3 Å². The summed E-state index contributed by atoms with van der Waals surface area (Å²) >= 11 is 0. The Bertz CT molecular complexity index is 774. The highest BCUT2D eigenvalue weighted by Crippen LogP contribution is 2.66. The maximum Gasteiger partial charge on any atom is 0.313 e. The first kappa shape index (κ1) is 18.5. The van der Waals surface area contributed by atoms with Crippen LogP contribution in [-0.4, -0.2) is 35.5 Å². The third-order valence-electron chi connectivity index (χ3n) is 7.79. The third-order valence-corrected chi connectivity index (χ3v) is 7.79. The molecule has 1 aromatic carbocycles. The van der Waals surface area contributed by atoms with Crippen LogP contribution < -0.4 is 0 Å². The summed E-state index contributed by atoms with van der Waals surface area (Å²) in [6.07, 6.45) is 4.04. The Hall–Kier alpha value is -1.91. The highest BCUT2D eigenvalue weighted by molar-refractivity contribution is 5.96. The van der Waals surface area contributed by atoms with Crippen LogP contribution in [0.2, 0.25) is 0 Å². The van der Waals surface area contributed by atoms with Crippen LogP contribution in [-0.2, 0) is 14.3 Å². The quantitative estimate of drug-likeness (QED) is 0.735. The molecule has 146 valence electrons. The van der Waals surface area contributed by atoms with Crippen molar-refractivity contribution in [3.8, 4) is 0 Å². The summed E-state index contributed by atoms with van der Waals surface area (Å²) in [5, 5.41) is 0. The average molecular weight is 373 g/mol. The monoisotopic (exact) mass is 373 g/mol. The second-order valence-corrected chi connectivity index (χ2v) is 9.15. The van der Waals surface area contributed by atoms with Crippen molar-refractivity contribution < 1.29 is 18.7 Å². The zero-order valence-electron chi connectivity index (χ0n) is 16.4.